The van der Waals surface area contributed by atoms with Crippen LogP contribution in [0.5, 0.6) is 0 Å². The largest absolute Gasteiger partial charge is 0.304 e. The third kappa shape index (κ3) is 2.74. The second kappa shape index (κ2) is 5.62. The van der Waals surface area contributed by atoms with Crippen molar-refractivity contribution in [3.63, 3.8) is 0 Å². The van der Waals surface area contributed by atoms with E-state index >= 15 is 0 Å². The minimum Gasteiger partial charge on any atom is -0.304 e. The van der Waals surface area contributed by atoms with Gasteiger partial charge in [-0.2, -0.15) is 0 Å². The topological polar surface area (TPSA) is 20.5 Å². The lowest BCUT2D eigenvalue weighted by Crippen LogP contribution is -2.13. The van der Waals surface area contributed by atoms with Gasteiger partial charge in [0.1, 0.15) is 5.65 Å². The number of aromatic nitrogens is 2. The van der Waals surface area contributed by atoms with Crippen LogP contribution in [0.3, 0.4) is 0 Å². The van der Waals surface area contributed by atoms with E-state index in [2.05, 4.69) is 82.8 Å². The SMILES string of the molecule is Cc1ccn2c(CN(C)C)c(-c3ccccc3Br)nc2c1. The van der Waals surface area contributed by atoms with Crippen molar-refractivity contribution in [1.82, 2.24) is 14.3 Å². The predicted molar refractivity (Wildman–Crippen MR) is 90.5 cm³/mol. The third-order valence-corrected chi connectivity index (χ3v) is 4.17. The molecular formula is C17H18BrN3. The van der Waals surface area contributed by atoms with Gasteiger partial charge in [0.15, 0.2) is 0 Å². The zero-order chi connectivity index (χ0) is 15.0. The van der Waals surface area contributed by atoms with Crippen LogP contribution >= 0.6 is 15.9 Å². The van der Waals surface area contributed by atoms with E-state index in [1.54, 1.807) is 0 Å². The molecule has 0 aliphatic heterocycles. The van der Waals surface area contributed by atoms with Crippen LogP contribution in [0.2, 0.25) is 0 Å². The summed E-state index contributed by atoms with van der Waals surface area (Å²) in [5.74, 6) is 0. The first kappa shape index (κ1) is 14.3. The van der Waals surface area contributed by atoms with E-state index in [-0.39, 0.29) is 0 Å². The highest BCUT2D eigenvalue weighted by Gasteiger charge is 2.16. The highest BCUT2D eigenvalue weighted by molar-refractivity contribution is 9.10. The number of hydrogen-bond acceptors (Lipinski definition) is 2. The first-order valence-electron chi connectivity index (χ1n) is 6.93. The Labute approximate surface area is 133 Å². The average molecular weight is 344 g/mol. The van der Waals surface area contributed by atoms with Crippen LogP contribution in [0.15, 0.2) is 47.1 Å². The van der Waals surface area contributed by atoms with Gasteiger partial charge in [0.25, 0.3) is 0 Å². The van der Waals surface area contributed by atoms with Crippen LogP contribution in [-0.2, 0) is 6.54 Å². The van der Waals surface area contributed by atoms with E-state index in [1.807, 2.05) is 6.07 Å². The van der Waals surface area contributed by atoms with Crippen molar-refractivity contribution in [3.05, 3.63) is 58.3 Å². The van der Waals surface area contributed by atoms with Gasteiger partial charge in [0, 0.05) is 22.8 Å². The maximum atomic E-state index is 4.86. The Morgan fingerprint density at radius 2 is 1.95 bits per heavy atom. The summed E-state index contributed by atoms with van der Waals surface area (Å²) in [5.41, 5.74) is 5.61. The summed E-state index contributed by atoms with van der Waals surface area (Å²) in [4.78, 5) is 7.03. The van der Waals surface area contributed by atoms with E-state index in [0.29, 0.717) is 0 Å². The molecule has 0 amide bonds. The maximum Gasteiger partial charge on any atom is 0.137 e. The fourth-order valence-corrected chi connectivity index (χ4v) is 2.99. The smallest absolute Gasteiger partial charge is 0.137 e. The highest BCUT2D eigenvalue weighted by Crippen LogP contribution is 2.31. The quantitative estimate of drug-likeness (QED) is 0.712. The molecule has 108 valence electrons. The van der Waals surface area contributed by atoms with Crippen LogP contribution in [0.1, 0.15) is 11.3 Å². The average Bonchev–Trinajstić information content (AvgIpc) is 2.76. The number of aryl methyl sites for hydroxylation is 1. The lowest BCUT2D eigenvalue weighted by molar-refractivity contribution is 0.396. The summed E-state index contributed by atoms with van der Waals surface area (Å²) in [6.07, 6.45) is 2.11. The Morgan fingerprint density at radius 1 is 1.19 bits per heavy atom. The van der Waals surface area contributed by atoms with Crippen molar-refractivity contribution in [2.24, 2.45) is 0 Å². The number of nitrogens with zero attached hydrogens (tertiary/aromatic N) is 3. The van der Waals surface area contributed by atoms with Crippen LogP contribution in [-0.4, -0.2) is 28.4 Å². The molecule has 4 heteroatoms. The minimum absolute atomic E-state index is 0.848. The van der Waals surface area contributed by atoms with Gasteiger partial charge in [-0.1, -0.05) is 34.1 Å². The van der Waals surface area contributed by atoms with Gasteiger partial charge in [-0.25, -0.2) is 4.98 Å². The summed E-state index contributed by atoms with van der Waals surface area (Å²) in [6.45, 7) is 2.94. The Balaban J connectivity index is 2.28. The first-order chi connectivity index (χ1) is 10.1. The van der Waals surface area contributed by atoms with Crippen LogP contribution in [0.4, 0.5) is 0 Å². The normalized spacial score (nSPS) is 11.5. The molecule has 1 aromatic carbocycles. The van der Waals surface area contributed by atoms with Crippen LogP contribution in [0.25, 0.3) is 16.9 Å². The molecule has 0 aliphatic carbocycles. The van der Waals surface area contributed by atoms with Gasteiger partial charge in [0.05, 0.1) is 11.4 Å². The van der Waals surface area contributed by atoms with Gasteiger partial charge >= 0.3 is 0 Å². The lowest BCUT2D eigenvalue weighted by Gasteiger charge is -2.12. The minimum atomic E-state index is 0.848. The monoisotopic (exact) mass is 343 g/mol. The molecule has 3 rings (SSSR count). The molecule has 0 bridgehead atoms. The number of halogens is 1. The fraction of sp³-hybridized carbons (Fsp3) is 0.235. The van der Waals surface area contributed by atoms with Crippen molar-refractivity contribution in [2.45, 2.75) is 13.5 Å². The van der Waals surface area contributed by atoms with Gasteiger partial charge in [-0.15, -0.1) is 0 Å². The zero-order valence-electron chi connectivity index (χ0n) is 12.5. The second-order valence-electron chi connectivity index (χ2n) is 5.56. The fourth-order valence-electron chi connectivity index (χ4n) is 2.52. The van der Waals surface area contributed by atoms with Crippen molar-refractivity contribution >= 4 is 21.6 Å². The Bertz CT molecular complexity index is 790. The number of hydrogen-bond donors (Lipinski definition) is 0. The lowest BCUT2D eigenvalue weighted by atomic mass is 10.1. The molecule has 0 saturated heterocycles. The summed E-state index contributed by atoms with van der Waals surface area (Å²) in [6, 6.07) is 12.5. The third-order valence-electron chi connectivity index (χ3n) is 3.48. The van der Waals surface area contributed by atoms with Crippen molar-refractivity contribution in [2.75, 3.05) is 14.1 Å². The summed E-state index contributed by atoms with van der Waals surface area (Å²) < 4.78 is 3.26. The molecule has 3 nitrogen and oxygen atoms in total. The molecule has 0 fully saturated rings. The maximum absolute atomic E-state index is 4.86. The Kier molecular flexibility index (Phi) is 3.83. The number of benzene rings is 1. The molecule has 0 saturated carbocycles. The number of rotatable bonds is 3. The first-order valence-corrected chi connectivity index (χ1v) is 7.73. The number of fused-ring (bicyclic) bond motifs is 1. The van der Waals surface area contributed by atoms with E-state index in [4.69, 9.17) is 4.98 Å². The van der Waals surface area contributed by atoms with E-state index in [9.17, 15) is 0 Å². The van der Waals surface area contributed by atoms with E-state index < -0.39 is 0 Å². The predicted octanol–water partition coefficient (Wildman–Crippen LogP) is 4.13. The second-order valence-corrected chi connectivity index (χ2v) is 6.41. The van der Waals surface area contributed by atoms with Crippen molar-refractivity contribution in [3.8, 4) is 11.3 Å². The molecule has 0 unspecified atom stereocenters. The molecule has 2 heterocycles. The van der Waals surface area contributed by atoms with Gasteiger partial charge < -0.3 is 9.30 Å². The molecule has 3 aromatic rings. The van der Waals surface area contributed by atoms with Crippen molar-refractivity contribution in [1.29, 1.82) is 0 Å². The molecule has 2 aromatic heterocycles. The molecular weight excluding hydrogens is 326 g/mol. The summed E-state index contributed by atoms with van der Waals surface area (Å²) in [5, 5.41) is 0. The van der Waals surface area contributed by atoms with Gasteiger partial charge in [-0.05, 0) is 44.8 Å². The van der Waals surface area contributed by atoms with Crippen molar-refractivity contribution < 1.29 is 0 Å². The molecule has 0 spiro atoms. The van der Waals surface area contributed by atoms with Gasteiger partial charge in [-0.3, -0.25) is 0 Å². The Hall–Kier alpha value is -1.65. The highest BCUT2D eigenvalue weighted by atomic mass is 79.9. The molecule has 0 radical (unpaired) electrons. The van der Waals surface area contributed by atoms with Gasteiger partial charge in [0.2, 0.25) is 0 Å². The zero-order valence-corrected chi connectivity index (χ0v) is 14.1. The molecule has 21 heavy (non-hydrogen) atoms. The number of imidazole rings is 1. The summed E-state index contributed by atoms with van der Waals surface area (Å²) >= 11 is 3.64. The van der Waals surface area contributed by atoms with E-state index in [0.717, 1.165) is 27.9 Å². The molecule has 0 N–H and O–H groups in total. The standard InChI is InChI=1S/C17H18BrN3/c1-12-8-9-21-15(11-20(2)3)17(19-16(21)10-12)13-6-4-5-7-14(13)18/h4-10H,11H2,1-3H3. The van der Waals surface area contributed by atoms with Crippen LogP contribution < -0.4 is 0 Å². The van der Waals surface area contributed by atoms with Crippen LogP contribution in [0, 0.1) is 6.92 Å². The number of pyridine rings is 1. The summed E-state index contributed by atoms with van der Waals surface area (Å²) in [7, 11) is 4.16. The molecule has 0 aliphatic rings. The van der Waals surface area contributed by atoms with E-state index in [1.165, 1.54) is 11.3 Å². The Morgan fingerprint density at radius 3 is 2.67 bits per heavy atom. The molecule has 0 atom stereocenters.